The topological polar surface area (TPSA) is 48.4 Å². The van der Waals surface area contributed by atoms with Gasteiger partial charge in [-0.25, -0.2) is 9.78 Å². The number of carbonyl (C=O) groups excluding carboxylic acids is 1. The average Bonchev–Trinajstić information content (AvgIpc) is 2.18. The first-order chi connectivity index (χ1) is 7.35. The molecule has 8 heteroatoms. The monoisotopic (exact) mass is 299 g/mol. The summed E-state index contributed by atoms with van der Waals surface area (Å²) in [6.07, 6.45) is -3.86. The number of rotatable bonds is 2. The van der Waals surface area contributed by atoms with Crippen molar-refractivity contribution >= 4 is 21.9 Å². The molecule has 0 N–H and O–H groups in total. The molecule has 0 saturated carbocycles. The summed E-state index contributed by atoms with van der Waals surface area (Å²) in [6.45, 7) is 0. The predicted molar refractivity (Wildman–Crippen MR) is 50.0 cm³/mol. The van der Waals surface area contributed by atoms with Crippen molar-refractivity contribution in [3.05, 3.63) is 22.3 Å². The number of nitrogens with zero attached hydrogens (tertiary/aromatic N) is 1. The van der Waals surface area contributed by atoms with Crippen molar-refractivity contribution in [1.82, 2.24) is 4.98 Å². The molecule has 0 unspecified atom stereocenters. The van der Waals surface area contributed by atoms with Crippen LogP contribution in [0.25, 0.3) is 0 Å². The van der Waals surface area contributed by atoms with Gasteiger partial charge in [-0.05, 0) is 22.0 Å². The van der Waals surface area contributed by atoms with Crippen LogP contribution in [0.3, 0.4) is 0 Å². The van der Waals surface area contributed by atoms with Gasteiger partial charge in [0, 0.05) is 6.20 Å². The first-order valence-electron chi connectivity index (χ1n) is 3.83. The van der Waals surface area contributed by atoms with Crippen LogP contribution >= 0.6 is 15.9 Å². The first kappa shape index (κ1) is 12.8. The summed E-state index contributed by atoms with van der Waals surface area (Å²) in [4.78, 5) is 14.5. The second kappa shape index (κ2) is 4.69. The third-order valence-corrected chi connectivity index (χ3v) is 2.24. The highest BCUT2D eigenvalue weighted by Crippen LogP contribution is 2.30. The Morgan fingerprint density at radius 3 is 2.62 bits per heavy atom. The van der Waals surface area contributed by atoms with Crippen LogP contribution in [-0.4, -0.2) is 24.4 Å². The van der Waals surface area contributed by atoms with E-state index in [0.29, 0.717) is 0 Å². The van der Waals surface area contributed by atoms with Crippen LogP contribution in [0.4, 0.5) is 13.2 Å². The first-order valence-corrected chi connectivity index (χ1v) is 4.63. The van der Waals surface area contributed by atoms with Crippen LogP contribution in [0.2, 0.25) is 0 Å². The Labute approximate surface area is 96.5 Å². The van der Waals surface area contributed by atoms with Crippen molar-refractivity contribution in [1.29, 1.82) is 0 Å². The molecule has 1 aromatic rings. The number of esters is 1. The maximum Gasteiger partial charge on any atom is 0.574 e. The number of alkyl halides is 3. The van der Waals surface area contributed by atoms with Crippen molar-refractivity contribution in [2.75, 3.05) is 7.11 Å². The van der Waals surface area contributed by atoms with Crippen molar-refractivity contribution in [2.45, 2.75) is 6.36 Å². The highest BCUT2D eigenvalue weighted by atomic mass is 79.9. The summed E-state index contributed by atoms with van der Waals surface area (Å²) in [6, 6.07) is 1.21. The Hall–Kier alpha value is -1.31. The van der Waals surface area contributed by atoms with Gasteiger partial charge in [-0.2, -0.15) is 0 Å². The Bertz CT molecular complexity index is 408. The molecule has 0 radical (unpaired) electrons. The van der Waals surface area contributed by atoms with E-state index in [1.165, 1.54) is 6.07 Å². The second-order valence-electron chi connectivity index (χ2n) is 2.52. The molecule has 0 fully saturated rings. The van der Waals surface area contributed by atoms with Crippen LogP contribution in [0.15, 0.2) is 16.7 Å². The zero-order valence-electron chi connectivity index (χ0n) is 7.84. The van der Waals surface area contributed by atoms with Gasteiger partial charge in [0.2, 0.25) is 5.88 Å². The number of carbonyl (C=O) groups is 1. The van der Waals surface area contributed by atoms with Gasteiger partial charge in [-0.1, -0.05) is 0 Å². The summed E-state index contributed by atoms with van der Waals surface area (Å²) < 4.78 is 43.6. The highest BCUT2D eigenvalue weighted by molar-refractivity contribution is 9.10. The summed E-state index contributed by atoms with van der Waals surface area (Å²) in [5.74, 6) is -1.53. The molecule has 1 heterocycles. The van der Waals surface area contributed by atoms with E-state index in [0.717, 1.165) is 13.3 Å². The van der Waals surface area contributed by atoms with Gasteiger partial charge in [0.15, 0.2) is 0 Å². The van der Waals surface area contributed by atoms with Crippen LogP contribution < -0.4 is 4.74 Å². The van der Waals surface area contributed by atoms with E-state index < -0.39 is 18.2 Å². The molecule has 1 aromatic heterocycles. The lowest BCUT2D eigenvalue weighted by Crippen LogP contribution is -2.19. The number of aromatic nitrogens is 1. The lowest BCUT2D eigenvalue weighted by atomic mass is 10.3. The van der Waals surface area contributed by atoms with Crippen LogP contribution in [0.5, 0.6) is 5.88 Å². The van der Waals surface area contributed by atoms with Crippen LogP contribution in [0, 0.1) is 0 Å². The molecule has 0 aromatic carbocycles. The largest absolute Gasteiger partial charge is 0.574 e. The molecule has 0 bridgehead atoms. The third kappa shape index (κ3) is 3.09. The smallest absolute Gasteiger partial charge is 0.465 e. The van der Waals surface area contributed by atoms with E-state index in [1.807, 2.05) is 0 Å². The predicted octanol–water partition coefficient (Wildman–Crippen LogP) is 2.53. The fourth-order valence-corrected chi connectivity index (χ4v) is 1.35. The van der Waals surface area contributed by atoms with Gasteiger partial charge in [-0.15, -0.1) is 13.2 Å². The fraction of sp³-hybridized carbons (Fsp3) is 0.250. The van der Waals surface area contributed by atoms with Crippen LogP contribution in [0.1, 0.15) is 10.4 Å². The molecule has 0 spiro atoms. The molecule has 0 aliphatic rings. The SMILES string of the molecule is COC(=O)c1ccnc(OC(F)(F)F)c1Br. The Balaban J connectivity index is 3.09. The van der Waals surface area contributed by atoms with E-state index >= 15 is 0 Å². The number of hydrogen-bond acceptors (Lipinski definition) is 4. The second-order valence-corrected chi connectivity index (χ2v) is 3.31. The van der Waals surface area contributed by atoms with E-state index in [9.17, 15) is 18.0 Å². The van der Waals surface area contributed by atoms with Gasteiger partial charge >= 0.3 is 12.3 Å². The zero-order chi connectivity index (χ0) is 12.3. The number of pyridine rings is 1. The third-order valence-electron chi connectivity index (χ3n) is 1.47. The minimum Gasteiger partial charge on any atom is -0.465 e. The van der Waals surface area contributed by atoms with E-state index in [2.05, 4.69) is 30.4 Å². The highest BCUT2D eigenvalue weighted by Gasteiger charge is 2.33. The standard InChI is InChI=1S/C8H5BrF3NO3/c1-15-7(14)4-2-3-13-6(5(4)9)16-8(10,11)12/h2-3H,1H3. The maximum atomic E-state index is 11.9. The van der Waals surface area contributed by atoms with Crippen LogP contribution in [-0.2, 0) is 4.74 Å². The molecule has 0 aliphatic heterocycles. The zero-order valence-corrected chi connectivity index (χ0v) is 9.42. The summed E-state index contributed by atoms with van der Waals surface area (Å²) in [7, 11) is 1.11. The average molecular weight is 300 g/mol. The molecule has 0 amide bonds. The summed E-state index contributed by atoms with van der Waals surface area (Å²) >= 11 is 2.79. The minimum absolute atomic E-state index is 0.100. The van der Waals surface area contributed by atoms with Gasteiger partial charge < -0.3 is 9.47 Å². The molecule has 0 saturated heterocycles. The normalized spacial score (nSPS) is 11.1. The number of methoxy groups -OCH3 is 1. The summed E-state index contributed by atoms with van der Waals surface area (Å²) in [5.41, 5.74) is -0.100. The van der Waals surface area contributed by atoms with Crippen molar-refractivity contribution in [3.63, 3.8) is 0 Å². The lowest BCUT2D eigenvalue weighted by molar-refractivity contribution is -0.276. The molecule has 16 heavy (non-hydrogen) atoms. The van der Waals surface area contributed by atoms with Crippen molar-refractivity contribution in [2.24, 2.45) is 0 Å². The van der Waals surface area contributed by atoms with E-state index in [4.69, 9.17) is 0 Å². The number of ether oxygens (including phenoxy) is 2. The Morgan fingerprint density at radius 1 is 1.50 bits per heavy atom. The number of hydrogen-bond donors (Lipinski definition) is 0. The minimum atomic E-state index is -4.87. The molecular weight excluding hydrogens is 295 g/mol. The molecular formula is C8H5BrF3NO3. The molecule has 0 atom stereocenters. The van der Waals surface area contributed by atoms with Gasteiger partial charge in [-0.3, -0.25) is 0 Å². The molecule has 0 aliphatic carbocycles. The quantitative estimate of drug-likeness (QED) is 0.788. The van der Waals surface area contributed by atoms with Crippen molar-refractivity contribution < 1.29 is 27.4 Å². The molecule has 1 rings (SSSR count). The van der Waals surface area contributed by atoms with E-state index in [1.54, 1.807) is 0 Å². The van der Waals surface area contributed by atoms with E-state index in [-0.39, 0.29) is 10.0 Å². The number of halogens is 4. The fourth-order valence-electron chi connectivity index (χ4n) is 0.873. The van der Waals surface area contributed by atoms with Gasteiger partial charge in [0.1, 0.15) is 0 Å². The lowest BCUT2D eigenvalue weighted by Gasteiger charge is -2.10. The van der Waals surface area contributed by atoms with Gasteiger partial charge in [0.05, 0.1) is 17.1 Å². The van der Waals surface area contributed by atoms with Gasteiger partial charge in [0.25, 0.3) is 0 Å². The Kier molecular flexibility index (Phi) is 3.74. The molecule has 4 nitrogen and oxygen atoms in total. The van der Waals surface area contributed by atoms with Crippen molar-refractivity contribution in [3.8, 4) is 5.88 Å². The summed E-state index contributed by atoms with van der Waals surface area (Å²) in [5, 5.41) is 0. The maximum absolute atomic E-state index is 11.9. The molecule has 88 valence electrons. The Morgan fingerprint density at radius 2 is 2.12 bits per heavy atom.